The summed E-state index contributed by atoms with van der Waals surface area (Å²) < 4.78 is 11.6. The summed E-state index contributed by atoms with van der Waals surface area (Å²) in [6.07, 6.45) is 0. The Balaban J connectivity index is 1.55. The lowest BCUT2D eigenvalue weighted by molar-refractivity contribution is -0.129. The van der Waals surface area contributed by atoms with E-state index in [9.17, 15) is 4.79 Å². The predicted octanol–water partition coefficient (Wildman–Crippen LogP) is 4.27. The molecular formula is C21H25BrClN3O3. The highest BCUT2D eigenvalue weighted by molar-refractivity contribution is 9.10. The number of halogens is 2. The molecule has 0 radical (unpaired) electrons. The third-order valence-corrected chi connectivity index (χ3v) is 5.60. The zero-order valence-corrected chi connectivity index (χ0v) is 18.9. The van der Waals surface area contributed by atoms with E-state index < -0.39 is 0 Å². The van der Waals surface area contributed by atoms with E-state index in [4.69, 9.17) is 21.1 Å². The molecule has 0 aliphatic carbocycles. The van der Waals surface area contributed by atoms with E-state index >= 15 is 0 Å². The van der Waals surface area contributed by atoms with Crippen LogP contribution in [-0.4, -0.2) is 57.2 Å². The lowest BCUT2D eigenvalue weighted by Crippen LogP contribution is -2.50. The van der Waals surface area contributed by atoms with Crippen molar-refractivity contribution >= 4 is 44.8 Å². The molecule has 6 nitrogen and oxygen atoms in total. The maximum atomic E-state index is 12.7. The number of nitrogens with one attached hydrogen (secondary N) is 1. The number of anilines is 2. The summed E-state index contributed by atoms with van der Waals surface area (Å²) in [5, 5.41) is 3.75. The highest BCUT2D eigenvalue weighted by Gasteiger charge is 2.21. The van der Waals surface area contributed by atoms with Crippen LogP contribution < -0.4 is 19.7 Å². The second-order valence-corrected chi connectivity index (χ2v) is 7.91. The van der Waals surface area contributed by atoms with Crippen LogP contribution in [0.1, 0.15) is 6.92 Å². The number of benzene rings is 2. The molecule has 3 rings (SSSR count). The van der Waals surface area contributed by atoms with Crippen molar-refractivity contribution in [3.8, 4) is 11.5 Å². The first kappa shape index (κ1) is 21.6. The predicted molar refractivity (Wildman–Crippen MR) is 121 cm³/mol. The zero-order chi connectivity index (χ0) is 20.8. The van der Waals surface area contributed by atoms with Crippen LogP contribution >= 0.6 is 27.5 Å². The Bertz CT molecular complexity index is 840. The summed E-state index contributed by atoms with van der Waals surface area (Å²) in [4.78, 5) is 16.8. The van der Waals surface area contributed by atoms with Gasteiger partial charge in [-0.05, 0) is 59.3 Å². The minimum Gasteiger partial charge on any atom is -0.497 e. The first-order valence-electron chi connectivity index (χ1n) is 9.54. The van der Waals surface area contributed by atoms with E-state index in [1.807, 2.05) is 36.1 Å². The van der Waals surface area contributed by atoms with Gasteiger partial charge in [0, 0.05) is 36.9 Å². The fraction of sp³-hybridized carbons (Fsp3) is 0.381. The Morgan fingerprint density at radius 2 is 1.86 bits per heavy atom. The molecule has 29 heavy (non-hydrogen) atoms. The van der Waals surface area contributed by atoms with Gasteiger partial charge in [0.2, 0.25) is 5.91 Å². The molecule has 0 atom stereocenters. The van der Waals surface area contributed by atoms with Crippen LogP contribution in [0.25, 0.3) is 0 Å². The number of rotatable bonds is 7. The fourth-order valence-electron chi connectivity index (χ4n) is 3.27. The van der Waals surface area contributed by atoms with Crippen LogP contribution in [0.5, 0.6) is 11.5 Å². The van der Waals surface area contributed by atoms with E-state index in [1.165, 1.54) is 0 Å². The van der Waals surface area contributed by atoms with E-state index in [2.05, 4.69) is 26.1 Å². The number of ether oxygens (including phenoxy) is 2. The van der Waals surface area contributed by atoms with Gasteiger partial charge in [-0.1, -0.05) is 11.6 Å². The molecular weight excluding hydrogens is 458 g/mol. The normalized spacial score (nSPS) is 13.9. The molecule has 0 aromatic heterocycles. The second-order valence-electron chi connectivity index (χ2n) is 6.62. The molecule has 1 fully saturated rings. The SMILES string of the molecule is CCOc1c(Br)cc(Cl)cc1NCC(=O)N1CCN(c2ccc(OC)cc2)CC1. The highest BCUT2D eigenvalue weighted by atomic mass is 79.9. The van der Waals surface area contributed by atoms with Crippen molar-refractivity contribution in [2.24, 2.45) is 0 Å². The summed E-state index contributed by atoms with van der Waals surface area (Å²) in [6.45, 7) is 5.59. The van der Waals surface area contributed by atoms with Crippen molar-refractivity contribution < 1.29 is 14.3 Å². The van der Waals surface area contributed by atoms with Crippen LogP contribution in [0.15, 0.2) is 40.9 Å². The van der Waals surface area contributed by atoms with Gasteiger partial charge >= 0.3 is 0 Å². The van der Waals surface area contributed by atoms with Gasteiger partial charge in [0.15, 0.2) is 5.75 Å². The molecule has 2 aromatic rings. The third kappa shape index (κ3) is 5.48. The Hall–Kier alpha value is -2.12. The van der Waals surface area contributed by atoms with Gasteiger partial charge in [-0.15, -0.1) is 0 Å². The van der Waals surface area contributed by atoms with Crippen LogP contribution in [0, 0.1) is 0 Å². The van der Waals surface area contributed by atoms with Gasteiger partial charge in [0.1, 0.15) is 5.75 Å². The monoisotopic (exact) mass is 481 g/mol. The Morgan fingerprint density at radius 3 is 2.48 bits per heavy atom. The summed E-state index contributed by atoms with van der Waals surface area (Å²) in [6, 6.07) is 11.5. The van der Waals surface area contributed by atoms with Crippen molar-refractivity contribution in [2.45, 2.75) is 6.92 Å². The van der Waals surface area contributed by atoms with Gasteiger partial charge in [0.05, 0.1) is 30.4 Å². The average molecular weight is 483 g/mol. The second kappa shape index (κ2) is 10.1. The minimum atomic E-state index is 0.0536. The number of piperazine rings is 1. The molecule has 1 heterocycles. The van der Waals surface area contributed by atoms with Crippen molar-refractivity contribution in [1.82, 2.24) is 4.90 Å². The summed E-state index contributed by atoms with van der Waals surface area (Å²) in [5.41, 5.74) is 1.85. The average Bonchev–Trinajstić information content (AvgIpc) is 2.74. The molecule has 8 heteroatoms. The molecule has 1 aliphatic heterocycles. The third-order valence-electron chi connectivity index (χ3n) is 4.80. The Labute approximate surface area is 184 Å². The molecule has 156 valence electrons. The van der Waals surface area contributed by atoms with E-state index in [0.717, 1.165) is 29.0 Å². The zero-order valence-electron chi connectivity index (χ0n) is 16.6. The number of methoxy groups -OCH3 is 1. The van der Waals surface area contributed by atoms with Crippen molar-refractivity contribution in [3.05, 3.63) is 45.9 Å². The lowest BCUT2D eigenvalue weighted by atomic mass is 10.2. The van der Waals surface area contributed by atoms with Crippen LogP contribution in [-0.2, 0) is 4.79 Å². The van der Waals surface area contributed by atoms with E-state index in [-0.39, 0.29) is 12.5 Å². The molecule has 1 amide bonds. The molecule has 0 unspecified atom stereocenters. The van der Waals surface area contributed by atoms with Crippen LogP contribution in [0.3, 0.4) is 0 Å². The quantitative estimate of drug-likeness (QED) is 0.639. The molecule has 2 aromatic carbocycles. The number of hydrogen-bond donors (Lipinski definition) is 1. The number of carbonyl (C=O) groups is 1. The lowest BCUT2D eigenvalue weighted by Gasteiger charge is -2.36. The highest BCUT2D eigenvalue weighted by Crippen LogP contribution is 2.36. The Morgan fingerprint density at radius 1 is 1.17 bits per heavy atom. The van der Waals surface area contributed by atoms with Gasteiger partial charge in [-0.25, -0.2) is 0 Å². The van der Waals surface area contributed by atoms with Crippen LogP contribution in [0.2, 0.25) is 5.02 Å². The van der Waals surface area contributed by atoms with Crippen molar-refractivity contribution in [2.75, 3.05) is 56.7 Å². The molecule has 0 bridgehead atoms. The number of nitrogens with zero attached hydrogens (tertiary/aromatic N) is 2. The number of hydrogen-bond acceptors (Lipinski definition) is 5. The first-order valence-corrected chi connectivity index (χ1v) is 10.7. The maximum absolute atomic E-state index is 12.7. The van der Waals surface area contributed by atoms with Gasteiger partial charge in [0.25, 0.3) is 0 Å². The number of carbonyl (C=O) groups excluding carboxylic acids is 1. The molecule has 0 spiro atoms. The topological polar surface area (TPSA) is 54.0 Å². The number of amides is 1. The smallest absolute Gasteiger partial charge is 0.241 e. The van der Waals surface area contributed by atoms with Gasteiger partial charge in [-0.3, -0.25) is 4.79 Å². The summed E-state index contributed by atoms with van der Waals surface area (Å²) in [5.74, 6) is 1.56. The molecule has 0 saturated carbocycles. The van der Waals surface area contributed by atoms with Crippen LogP contribution in [0.4, 0.5) is 11.4 Å². The van der Waals surface area contributed by atoms with Gasteiger partial charge in [-0.2, -0.15) is 0 Å². The molecule has 1 N–H and O–H groups in total. The minimum absolute atomic E-state index is 0.0536. The van der Waals surface area contributed by atoms with Crippen molar-refractivity contribution in [1.29, 1.82) is 0 Å². The summed E-state index contributed by atoms with van der Waals surface area (Å²) >= 11 is 9.61. The Kier molecular flexibility index (Phi) is 7.50. The fourth-order valence-corrected chi connectivity index (χ4v) is 4.20. The van der Waals surface area contributed by atoms with Crippen molar-refractivity contribution in [3.63, 3.8) is 0 Å². The largest absolute Gasteiger partial charge is 0.497 e. The van der Waals surface area contributed by atoms with E-state index in [1.54, 1.807) is 19.2 Å². The maximum Gasteiger partial charge on any atom is 0.241 e. The van der Waals surface area contributed by atoms with E-state index in [0.29, 0.717) is 36.2 Å². The first-order chi connectivity index (χ1) is 14.0. The standard InChI is InChI=1S/C21H25BrClN3O3/c1-3-29-21-18(22)12-15(23)13-19(21)24-14-20(27)26-10-8-25(9-11-26)16-4-6-17(28-2)7-5-16/h4-7,12-13,24H,3,8-11,14H2,1-2H3. The molecule has 1 aliphatic rings. The van der Waals surface area contributed by atoms with Gasteiger partial charge < -0.3 is 24.6 Å². The molecule has 1 saturated heterocycles. The summed E-state index contributed by atoms with van der Waals surface area (Å²) in [7, 11) is 1.66.